The standard InChI is InChI=1S/C23H22N4O6S2/c1-15-4-7-18(8-5-15)32-10-11-33-19-9-6-16(13-20(19)31-2)12-17(14-24)21(28)25-22-26-27-23(34-22)35(3,29)30/h4-9,12-13H,10-11H2,1-3H3,(H,25,26,28)/b17-12-. The predicted molar refractivity (Wildman–Crippen MR) is 130 cm³/mol. The topological polar surface area (TPSA) is 140 Å². The van der Waals surface area contributed by atoms with Gasteiger partial charge in [-0.3, -0.25) is 10.1 Å². The van der Waals surface area contributed by atoms with Crippen molar-refractivity contribution in [1.29, 1.82) is 5.26 Å². The molecule has 1 heterocycles. The molecule has 0 saturated carbocycles. The van der Waals surface area contributed by atoms with Crippen molar-refractivity contribution in [2.45, 2.75) is 11.3 Å². The number of rotatable bonds is 10. The average molecular weight is 515 g/mol. The fourth-order valence-electron chi connectivity index (χ4n) is 2.73. The van der Waals surface area contributed by atoms with E-state index < -0.39 is 15.7 Å². The summed E-state index contributed by atoms with van der Waals surface area (Å²) in [7, 11) is -2.07. The van der Waals surface area contributed by atoms with E-state index in [4.69, 9.17) is 14.2 Å². The molecular weight excluding hydrogens is 492 g/mol. The van der Waals surface area contributed by atoms with Crippen molar-refractivity contribution in [1.82, 2.24) is 10.2 Å². The van der Waals surface area contributed by atoms with E-state index in [1.807, 2.05) is 37.3 Å². The minimum Gasteiger partial charge on any atom is -0.493 e. The zero-order valence-electron chi connectivity index (χ0n) is 19.1. The van der Waals surface area contributed by atoms with E-state index >= 15 is 0 Å². The van der Waals surface area contributed by atoms with E-state index in [9.17, 15) is 18.5 Å². The third-order valence-electron chi connectivity index (χ3n) is 4.44. The lowest BCUT2D eigenvalue weighted by Crippen LogP contribution is -2.13. The number of hydrogen-bond acceptors (Lipinski definition) is 10. The zero-order valence-corrected chi connectivity index (χ0v) is 20.8. The predicted octanol–water partition coefficient (Wildman–Crippen LogP) is 3.26. The molecule has 0 atom stereocenters. The Balaban J connectivity index is 1.64. The van der Waals surface area contributed by atoms with Crippen LogP contribution in [0, 0.1) is 18.3 Å². The number of hydrogen-bond donors (Lipinski definition) is 1. The second-order valence-electron chi connectivity index (χ2n) is 7.19. The Morgan fingerprint density at radius 3 is 2.46 bits per heavy atom. The van der Waals surface area contributed by atoms with Gasteiger partial charge in [-0.15, -0.1) is 10.2 Å². The fourth-order valence-corrected chi connectivity index (χ4v) is 4.23. The number of aromatic nitrogens is 2. The SMILES string of the molecule is COc1cc(/C=C(/C#N)C(=O)Nc2nnc(S(C)(=O)=O)s2)ccc1OCCOc1ccc(C)cc1. The molecule has 0 spiro atoms. The van der Waals surface area contributed by atoms with Crippen LogP contribution in [0.25, 0.3) is 6.08 Å². The number of carbonyl (C=O) groups is 1. The molecule has 0 aliphatic heterocycles. The smallest absolute Gasteiger partial charge is 0.268 e. The van der Waals surface area contributed by atoms with Gasteiger partial charge in [0.05, 0.1) is 7.11 Å². The van der Waals surface area contributed by atoms with E-state index in [0.29, 0.717) is 35.0 Å². The lowest BCUT2D eigenvalue weighted by molar-refractivity contribution is -0.112. The quantitative estimate of drug-likeness (QED) is 0.187. The summed E-state index contributed by atoms with van der Waals surface area (Å²) < 4.78 is 39.5. The Morgan fingerprint density at radius 1 is 1.11 bits per heavy atom. The van der Waals surface area contributed by atoms with Gasteiger partial charge in [-0.2, -0.15) is 5.26 Å². The van der Waals surface area contributed by atoms with Crippen LogP contribution in [0.3, 0.4) is 0 Å². The molecular formula is C23H22N4O6S2. The molecule has 1 aromatic heterocycles. The summed E-state index contributed by atoms with van der Waals surface area (Å²) in [5.74, 6) is 0.877. The average Bonchev–Trinajstić information content (AvgIpc) is 3.31. The Morgan fingerprint density at radius 2 is 1.83 bits per heavy atom. The highest BCUT2D eigenvalue weighted by Gasteiger charge is 2.17. The number of ether oxygens (including phenoxy) is 3. The minimum absolute atomic E-state index is 0.0363. The van der Waals surface area contributed by atoms with Crippen molar-refractivity contribution in [2.75, 3.05) is 31.9 Å². The molecule has 12 heteroatoms. The van der Waals surface area contributed by atoms with Gasteiger partial charge in [0.25, 0.3) is 5.91 Å². The molecule has 3 rings (SSSR count). The lowest BCUT2D eigenvalue weighted by atomic mass is 10.1. The molecule has 0 saturated heterocycles. The van der Waals surface area contributed by atoms with Gasteiger partial charge < -0.3 is 14.2 Å². The van der Waals surface area contributed by atoms with Crippen molar-refractivity contribution in [3.63, 3.8) is 0 Å². The summed E-state index contributed by atoms with van der Waals surface area (Å²) in [6.45, 7) is 2.61. The van der Waals surface area contributed by atoms with E-state index in [1.165, 1.54) is 13.2 Å². The highest BCUT2D eigenvalue weighted by Crippen LogP contribution is 2.29. The van der Waals surface area contributed by atoms with Crippen LogP contribution in [0.2, 0.25) is 0 Å². The van der Waals surface area contributed by atoms with Gasteiger partial charge in [-0.1, -0.05) is 35.1 Å². The maximum atomic E-state index is 12.5. The van der Waals surface area contributed by atoms with Crippen molar-refractivity contribution in [2.24, 2.45) is 0 Å². The number of sulfone groups is 1. The Bertz CT molecular complexity index is 1380. The molecule has 0 fully saturated rings. The number of aryl methyl sites for hydroxylation is 1. The van der Waals surface area contributed by atoms with Crippen molar-refractivity contribution >= 4 is 38.3 Å². The van der Waals surface area contributed by atoms with Gasteiger partial charge in [0.15, 0.2) is 11.5 Å². The molecule has 35 heavy (non-hydrogen) atoms. The normalized spacial score (nSPS) is 11.4. The van der Waals surface area contributed by atoms with Crippen LogP contribution in [-0.2, 0) is 14.6 Å². The van der Waals surface area contributed by atoms with Crippen LogP contribution in [0.5, 0.6) is 17.2 Å². The van der Waals surface area contributed by atoms with Gasteiger partial charge in [-0.25, -0.2) is 8.42 Å². The molecule has 182 valence electrons. The number of anilines is 1. The monoisotopic (exact) mass is 514 g/mol. The molecule has 0 radical (unpaired) electrons. The molecule has 0 unspecified atom stereocenters. The van der Waals surface area contributed by atoms with Gasteiger partial charge in [0.2, 0.25) is 19.3 Å². The molecule has 10 nitrogen and oxygen atoms in total. The highest BCUT2D eigenvalue weighted by atomic mass is 32.2. The Kier molecular flexibility index (Phi) is 8.40. The largest absolute Gasteiger partial charge is 0.493 e. The summed E-state index contributed by atoms with van der Waals surface area (Å²) in [5, 5.41) is 18.9. The zero-order chi connectivity index (χ0) is 25.4. The van der Waals surface area contributed by atoms with Crippen molar-refractivity contribution < 1.29 is 27.4 Å². The Hall–Kier alpha value is -3.95. The third-order valence-corrected chi connectivity index (χ3v) is 6.95. The summed E-state index contributed by atoms with van der Waals surface area (Å²) in [6, 6.07) is 14.4. The van der Waals surface area contributed by atoms with Gasteiger partial charge in [0, 0.05) is 6.26 Å². The second kappa shape index (κ2) is 11.5. The summed E-state index contributed by atoms with van der Waals surface area (Å²) in [4.78, 5) is 12.5. The number of amides is 1. The maximum absolute atomic E-state index is 12.5. The van der Waals surface area contributed by atoms with Crippen molar-refractivity contribution in [3.8, 4) is 23.3 Å². The molecule has 1 N–H and O–H groups in total. The molecule has 3 aromatic rings. The van der Waals surface area contributed by atoms with Crippen LogP contribution >= 0.6 is 11.3 Å². The highest BCUT2D eigenvalue weighted by molar-refractivity contribution is 7.92. The van der Waals surface area contributed by atoms with Crippen LogP contribution in [0.1, 0.15) is 11.1 Å². The lowest BCUT2D eigenvalue weighted by Gasteiger charge is -2.12. The van der Waals surface area contributed by atoms with E-state index in [2.05, 4.69) is 15.5 Å². The summed E-state index contributed by atoms with van der Waals surface area (Å²) in [6.07, 6.45) is 2.35. The Labute approximate surface area is 206 Å². The first-order chi connectivity index (χ1) is 16.7. The van der Waals surface area contributed by atoms with Crippen LogP contribution in [-0.4, -0.2) is 51.1 Å². The molecule has 2 aromatic carbocycles. The maximum Gasteiger partial charge on any atom is 0.268 e. The van der Waals surface area contributed by atoms with Gasteiger partial charge in [-0.05, 0) is 42.8 Å². The number of carbonyl (C=O) groups excluding carboxylic acids is 1. The van der Waals surface area contributed by atoms with Crippen LogP contribution < -0.4 is 19.5 Å². The first-order valence-electron chi connectivity index (χ1n) is 10.2. The molecule has 1 amide bonds. The number of nitrogens with one attached hydrogen (secondary N) is 1. The van der Waals surface area contributed by atoms with Crippen molar-refractivity contribution in [3.05, 3.63) is 59.2 Å². The first kappa shape index (κ1) is 25.7. The summed E-state index contributed by atoms with van der Waals surface area (Å²) >= 11 is 0.693. The van der Waals surface area contributed by atoms with Gasteiger partial charge in [0.1, 0.15) is 30.6 Å². The molecule has 0 bridgehead atoms. The van der Waals surface area contributed by atoms with Crippen LogP contribution in [0.4, 0.5) is 5.13 Å². The van der Waals surface area contributed by atoms with E-state index in [-0.39, 0.29) is 21.7 Å². The van der Waals surface area contributed by atoms with E-state index in [0.717, 1.165) is 17.6 Å². The van der Waals surface area contributed by atoms with E-state index in [1.54, 1.807) is 18.2 Å². The number of benzene rings is 2. The fraction of sp³-hybridized carbons (Fsp3) is 0.217. The number of nitriles is 1. The summed E-state index contributed by atoms with van der Waals surface area (Å²) in [5.41, 5.74) is 1.44. The first-order valence-corrected chi connectivity index (χ1v) is 12.9. The molecule has 0 aliphatic rings. The van der Waals surface area contributed by atoms with Crippen LogP contribution in [0.15, 0.2) is 52.4 Å². The third kappa shape index (κ3) is 7.26. The number of nitrogens with zero attached hydrogens (tertiary/aromatic N) is 3. The second-order valence-corrected chi connectivity index (χ2v) is 10.4. The number of methoxy groups -OCH3 is 1. The minimum atomic E-state index is -3.55. The van der Waals surface area contributed by atoms with Gasteiger partial charge >= 0.3 is 0 Å². The molecule has 0 aliphatic carbocycles.